The van der Waals surface area contributed by atoms with Crippen LogP contribution >= 0.6 is 25.9 Å². The Labute approximate surface area is 120 Å². The smallest absolute Gasteiger partial charge is 0.246 e. The van der Waals surface area contributed by atoms with Crippen LogP contribution in [0, 0.1) is 0 Å². The molecule has 0 bridgehead atoms. The van der Waals surface area contributed by atoms with Crippen LogP contribution in [0.3, 0.4) is 0 Å². The molecule has 0 aliphatic rings. The molecule has 1 aromatic carbocycles. The lowest BCUT2D eigenvalue weighted by atomic mass is 10.1. The van der Waals surface area contributed by atoms with Crippen molar-refractivity contribution in [1.29, 1.82) is 0 Å². The van der Waals surface area contributed by atoms with Crippen molar-refractivity contribution >= 4 is 36.8 Å². The molecule has 1 atom stereocenters. The highest BCUT2D eigenvalue weighted by molar-refractivity contribution is 7.73. The summed E-state index contributed by atoms with van der Waals surface area (Å²) in [6.07, 6.45) is 1.78. The van der Waals surface area contributed by atoms with E-state index in [-0.39, 0.29) is 23.1 Å². The third-order valence-corrected chi connectivity index (χ3v) is 4.79. The lowest BCUT2D eigenvalue weighted by molar-refractivity contribution is 0.386. The van der Waals surface area contributed by atoms with Crippen molar-refractivity contribution in [2.45, 2.75) is 0 Å². The standard InChI is InChI=1S/C12H11N2O3P3/c15-10-9(11(16)14(20-19)12(10)17)7-5-13(18)8-4-2-1-3-6(7)8/h1-5,15-17,19H,18H2. The molecule has 0 aliphatic carbocycles. The molecule has 2 aromatic heterocycles. The molecule has 20 heavy (non-hydrogen) atoms. The molecule has 1 unspecified atom stereocenters. The number of rotatable bonds is 2. The van der Waals surface area contributed by atoms with Gasteiger partial charge in [0.25, 0.3) is 0 Å². The molecule has 3 rings (SSSR count). The van der Waals surface area contributed by atoms with Gasteiger partial charge in [0.15, 0.2) is 5.75 Å². The Kier molecular flexibility index (Phi) is 3.22. The summed E-state index contributed by atoms with van der Waals surface area (Å²) in [5, 5.41) is 31.0. The molecule has 0 saturated carbocycles. The average Bonchev–Trinajstić information content (AvgIpc) is 2.87. The van der Waals surface area contributed by atoms with E-state index < -0.39 is 0 Å². The minimum Gasteiger partial charge on any atom is -0.503 e. The molecular formula is C12H11N2O3P3. The highest BCUT2D eigenvalue weighted by Crippen LogP contribution is 2.50. The number of aromatic nitrogens is 2. The second-order valence-corrected chi connectivity index (χ2v) is 6.01. The monoisotopic (exact) mass is 324 g/mol. The van der Waals surface area contributed by atoms with E-state index in [2.05, 4.69) is 17.9 Å². The molecule has 0 spiro atoms. The Morgan fingerprint density at radius 2 is 1.80 bits per heavy atom. The molecule has 3 aromatic rings. The van der Waals surface area contributed by atoms with Crippen molar-refractivity contribution in [2.75, 3.05) is 0 Å². The lowest BCUT2D eigenvalue weighted by Gasteiger charge is -1.99. The van der Waals surface area contributed by atoms with Crippen LogP contribution in [-0.4, -0.2) is 24.0 Å². The maximum atomic E-state index is 10.2. The van der Waals surface area contributed by atoms with E-state index in [4.69, 9.17) is 0 Å². The fraction of sp³-hybridized carbons (Fsp3) is 0. The molecule has 0 saturated heterocycles. The fourth-order valence-corrected chi connectivity index (χ4v) is 3.60. The predicted octanol–water partition coefficient (Wildman–Crippen LogP) is 3.63. The first-order chi connectivity index (χ1) is 9.56. The van der Waals surface area contributed by atoms with Gasteiger partial charge in [0, 0.05) is 25.2 Å². The van der Waals surface area contributed by atoms with Crippen molar-refractivity contribution in [2.24, 2.45) is 0 Å². The fourth-order valence-electron chi connectivity index (χ4n) is 2.27. The number of fused-ring (bicyclic) bond motifs is 1. The summed E-state index contributed by atoms with van der Waals surface area (Å²) < 4.78 is 2.97. The number of nitrogens with zero attached hydrogens (tertiary/aromatic N) is 2. The molecule has 102 valence electrons. The minimum atomic E-state index is -0.380. The van der Waals surface area contributed by atoms with Gasteiger partial charge in [0.05, 0.1) is 11.1 Å². The van der Waals surface area contributed by atoms with Gasteiger partial charge in [-0.2, -0.15) is 0 Å². The third-order valence-electron chi connectivity index (χ3n) is 3.18. The number of para-hydroxylation sites is 1. The molecular weight excluding hydrogens is 313 g/mol. The van der Waals surface area contributed by atoms with Gasteiger partial charge in [-0.25, -0.2) is 4.34 Å². The molecule has 0 amide bonds. The van der Waals surface area contributed by atoms with E-state index in [1.54, 1.807) is 6.20 Å². The first-order valence-corrected chi connectivity index (χ1v) is 8.35. The number of hydrogen-bond donors (Lipinski definition) is 3. The predicted molar refractivity (Wildman–Crippen MR) is 86.1 cm³/mol. The van der Waals surface area contributed by atoms with Gasteiger partial charge in [-0.15, -0.1) is 0 Å². The van der Waals surface area contributed by atoms with Crippen molar-refractivity contribution in [3.8, 4) is 28.6 Å². The van der Waals surface area contributed by atoms with Gasteiger partial charge < -0.3 is 19.7 Å². The second kappa shape index (κ2) is 4.79. The first-order valence-electron chi connectivity index (χ1n) is 5.65. The molecule has 2 heterocycles. The summed E-state index contributed by atoms with van der Waals surface area (Å²) in [6.45, 7) is 0. The molecule has 0 aliphatic heterocycles. The maximum absolute atomic E-state index is 10.2. The number of benzene rings is 1. The van der Waals surface area contributed by atoms with Gasteiger partial charge in [-0.05, 0) is 15.5 Å². The molecule has 0 radical (unpaired) electrons. The second-order valence-electron chi connectivity index (χ2n) is 4.25. The largest absolute Gasteiger partial charge is 0.503 e. The van der Waals surface area contributed by atoms with Crippen molar-refractivity contribution in [1.82, 2.24) is 8.68 Å². The summed E-state index contributed by atoms with van der Waals surface area (Å²) in [5.74, 6) is -0.914. The summed E-state index contributed by atoms with van der Waals surface area (Å²) in [6, 6.07) is 7.61. The molecule has 8 heteroatoms. The quantitative estimate of drug-likeness (QED) is 0.630. The van der Waals surface area contributed by atoms with E-state index >= 15 is 0 Å². The van der Waals surface area contributed by atoms with Crippen LogP contribution in [-0.2, 0) is 0 Å². The number of hydrogen-bond acceptors (Lipinski definition) is 3. The Hall–Kier alpha value is -1.53. The summed E-state index contributed by atoms with van der Waals surface area (Å²) in [7, 11) is 6.15. The van der Waals surface area contributed by atoms with Gasteiger partial charge in [0.1, 0.15) is 0 Å². The summed E-state index contributed by atoms with van der Waals surface area (Å²) in [5.41, 5.74) is 1.80. The van der Waals surface area contributed by atoms with Crippen LogP contribution in [0.15, 0.2) is 30.5 Å². The van der Waals surface area contributed by atoms with E-state index in [1.807, 2.05) is 28.6 Å². The topological polar surface area (TPSA) is 70.5 Å². The summed E-state index contributed by atoms with van der Waals surface area (Å²) >= 11 is 0. The van der Waals surface area contributed by atoms with Gasteiger partial charge >= 0.3 is 0 Å². The SMILES string of the molecule is Oc1c(-c2cn(P)c3ccccc23)c(O)n(P=P)c1O. The highest BCUT2D eigenvalue weighted by atomic mass is 31.7. The first kappa shape index (κ1) is 13.5. The maximum Gasteiger partial charge on any atom is 0.246 e. The van der Waals surface area contributed by atoms with Crippen molar-refractivity contribution in [3.05, 3.63) is 30.5 Å². The minimum absolute atomic E-state index is 0.196. The van der Waals surface area contributed by atoms with Crippen LogP contribution in [0.4, 0.5) is 0 Å². The van der Waals surface area contributed by atoms with E-state index in [1.165, 1.54) is 0 Å². The molecule has 3 N–H and O–H groups in total. The van der Waals surface area contributed by atoms with E-state index in [0.717, 1.165) is 15.2 Å². The van der Waals surface area contributed by atoms with Gasteiger partial charge in [-0.3, -0.25) is 0 Å². The van der Waals surface area contributed by atoms with E-state index in [0.29, 0.717) is 13.6 Å². The van der Waals surface area contributed by atoms with Crippen LogP contribution < -0.4 is 0 Å². The Morgan fingerprint density at radius 1 is 1.10 bits per heavy atom. The van der Waals surface area contributed by atoms with Crippen molar-refractivity contribution in [3.63, 3.8) is 0 Å². The van der Waals surface area contributed by atoms with Crippen LogP contribution in [0.5, 0.6) is 17.5 Å². The highest BCUT2D eigenvalue weighted by Gasteiger charge is 2.25. The zero-order chi connectivity index (χ0) is 14.4. The Bertz CT molecular complexity index is 838. The normalized spacial score (nSPS) is 11.4. The lowest BCUT2D eigenvalue weighted by Crippen LogP contribution is -1.77. The Morgan fingerprint density at radius 3 is 2.45 bits per heavy atom. The zero-order valence-electron chi connectivity index (χ0n) is 10.1. The van der Waals surface area contributed by atoms with E-state index in [9.17, 15) is 15.3 Å². The molecule has 0 fully saturated rings. The van der Waals surface area contributed by atoms with Crippen LogP contribution in [0.2, 0.25) is 0 Å². The van der Waals surface area contributed by atoms with Gasteiger partial charge in [-0.1, -0.05) is 26.7 Å². The average molecular weight is 324 g/mol. The zero-order valence-corrected chi connectivity index (χ0v) is 13.2. The van der Waals surface area contributed by atoms with Crippen LogP contribution in [0.25, 0.3) is 22.0 Å². The van der Waals surface area contributed by atoms with Gasteiger partial charge in [0.2, 0.25) is 11.8 Å². The number of aromatic hydroxyl groups is 3. The third kappa shape index (κ3) is 1.75. The summed E-state index contributed by atoms with van der Waals surface area (Å²) in [4.78, 5) is 0. The Balaban J connectivity index is 2.40. The van der Waals surface area contributed by atoms with Crippen LogP contribution in [0.1, 0.15) is 0 Å². The van der Waals surface area contributed by atoms with Crippen molar-refractivity contribution < 1.29 is 15.3 Å². The molecule has 5 nitrogen and oxygen atoms in total.